The quantitative estimate of drug-likeness (QED) is 0.583. The molecule has 0 heterocycles. The van der Waals surface area contributed by atoms with Gasteiger partial charge in [-0.1, -0.05) is 30.3 Å². The summed E-state index contributed by atoms with van der Waals surface area (Å²) in [5.74, 6) is -2.26. The monoisotopic (exact) mass is 453 g/mol. The molecule has 0 saturated heterocycles. The first-order chi connectivity index (χ1) is 15.8. The van der Waals surface area contributed by atoms with Crippen LogP contribution in [0.5, 0.6) is 5.75 Å². The summed E-state index contributed by atoms with van der Waals surface area (Å²) in [6.07, 6.45) is 0.0478. The van der Waals surface area contributed by atoms with Crippen LogP contribution in [0.2, 0.25) is 0 Å². The van der Waals surface area contributed by atoms with Gasteiger partial charge in [-0.25, -0.2) is 4.79 Å². The Kier molecular flexibility index (Phi) is 7.76. The SMILES string of the molecule is CCOC(=O)C1=C(Nc2ccccc2)C[C@@](C)(O)[C@H](C(=O)OCC)[C@@H]1c1ccc(OC)cc1. The van der Waals surface area contributed by atoms with Gasteiger partial charge < -0.3 is 24.6 Å². The Labute approximate surface area is 194 Å². The smallest absolute Gasteiger partial charge is 0.336 e. The Bertz CT molecular complexity index is 997. The molecular formula is C26H31NO6. The zero-order valence-corrected chi connectivity index (χ0v) is 19.5. The Morgan fingerprint density at radius 1 is 1.03 bits per heavy atom. The third-order valence-corrected chi connectivity index (χ3v) is 5.75. The van der Waals surface area contributed by atoms with Crippen molar-refractivity contribution in [1.29, 1.82) is 0 Å². The zero-order valence-electron chi connectivity index (χ0n) is 19.5. The summed E-state index contributed by atoms with van der Waals surface area (Å²) < 4.78 is 16.0. The molecule has 7 heteroatoms. The van der Waals surface area contributed by atoms with Crippen LogP contribution in [0, 0.1) is 5.92 Å². The maximum absolute atomic E-state index is 13.3. The third-order valence-electron chi connectivity index (χ3n) is 5.75. The summed E-state index contributed by atoms with van der Waals surface area (Å²) in [6.45, 7) is 5.38. The van der Waals surface area contributed by atoms with E-state index in [4.69, 9.17) is 14.2 Å². The number of methoxy groups -OCH3 is 1. The molecule has 0 aromatic heterocycles. The largest absolute Gasteiger partial charge is 0.497 e. The van der Waals surface area contributed by atoms with Crippen molar-refractivity contribution in [1.82, 2.24) is 0 Å². The standard InChI is InChI=1S/C26H31NO6/c1-5-32-24(28)22-20(27-18-10-8-7-9-11-18)16-26(3,30)23(25(29)33-6-2)21(22)17-12-14-19(31-4)15-13-17/h7-15,21,23,27,30H,5-6,16H2,1-4H3/t21-,23+,26-/m1/s1. The first kappa shape index (κ1) is 24.3. The molecule has 1 aliphatic carbocycles. The number of esters is 2. The van der Waals surface area contributed by atoms with Gasteiger partial charge in [0.05, 0.1) is 37.4 Å². The summed E-state index contributed by atoms with van der Waals surface area (Å²) >= 11 is 0. The average Bonchev–Trinajstić information content (AvgIpc) is 2.79. The predicted molar refractivity (Wildman–Crippen MR) is 125 cm³/mol. The Morgan fingerprint density at radius 3 is 2.24 bits per heavy atom. The minimum Gasteiger partial charge on any atom is -0.497 e. The molecule has 0 bridgehead atoms. The van der Waals surface area contributed by atoms with Gasteiger partial charge in [0.2, 0.25) is 0 Å². The van der Waals surface area contributed by atoms with E-state index in [0.717, 1.165) is 5.69 Å². The summed E-state index contributed by atoms with van der Waals surface area (Å²) in [5.41, 5.74) is 0.753. The van der Waals surface area contributed by atoms with E-state index >= 15 is 0 Å². The molecule has 176 valence electrons. The number of hydrogen-bond acceptors (Lipinski definition) is 7. The van der Waals surface area contributed by atoms with E-state index in [-0.39, 0.29) is 19.6 Å². The van der Waals surface area contributed by atoms with Gasteiger partial charge in [-0.2, -0.15) is 0 Å². The van der Waals surface area contributed by atoms with E-state index in [1.54, 1.807) is 52.1 Å². The number of ether oxygens (including phenoxy) is 3. The maximum Gasteiger partial charge on any atom is 0.336 e. The number of carbonyl (C=O) groups excluding carboxylic acids is 2. The lowest BCUT2D eigenvalue weighted by Gasteiger charge is -2.43. The van der Waals surface area contributed by atoms with Gasteiger partial charge in [-0.05, 0) is 50.6 Å². The van der Waals surface area contributed by atoms with E-state index in [2.05, 4.69) is 5.32 Å². The van der Waals surface area contributed by atoms with E-state index in [1.165, 1.54) is 0 Å². The van der Waals surface area contributed by atoms with Crippen molar-refractivity contribution >= 4 is 17.6 Å². The second-order valence-corrected chi connectivity index (χ2v) is 8.12. The first-order valence-corrected chi connectivity index (χ1v) is 11.1. The summed E-state index contributed by atoms with van der Waals surface area (Å²) in [4.78, 5) is 26.4. The molecule has 3 rings (SSSR count). The Hall–Kier alpha value is -3.32. The Balaban J connectivity index is 2.23. The molecule has 2 aromatic rings. The highest BCUT2D eigenvalue weighted by Crippen LogP contribution is 2.48. The molecule has 7 nitrogen and oxygen atoms in total. The lowest BCUT2D eigenvalue weighted by atomic mass is 9.65. The number of aliphatic hydroxyl groups is 1. The van der Waals surface area contributed by atoms with E-state index in [9.17, 15) is 14.7 Å². The fourth-order valence-electron chi connectivity index (χ4n) is 4.34. The zero-order chi connectivity index (χ0) is 24.0. The number of para-hydroxylation sites is 1. The Morgan fingerprint density at radius 2 is 1.67 bits per heavy atom. The minimum atomic E-state index is -1.48. The number of rotatable bonds is 8. The fraction of sp³-hybridized carbons (Fsp3) is 0.385. The molecule has 0 spiro atoms. The van der Waals surface area contributed by atoms with Crippen LogP contribution in [0.3, 0.4) is 0 Å². The topological polar surface area (TPSA) is 94.1 Å². The lowest BCUT2D eigenvalue weighted by Crippen LogP contribution is -2.49. The van der Waals surface area contributed by atoms with Gasteiger partial charge in [0.25, 0.3) is 0 Å². The van der Waals surface area contributed by atoms with Crippen LogP contribution < -0.4 is 10.1 Å². The average molecular weight is 454 g/mol. The van der Waals surface area contributed by atoms with Crippen LogP contribution >= 0.6 is 0 Å². The van der Waals surface area contributed by atoms with Gasteiger partial charge in [0, 0.05) is 23.7 Å². The number of anilines is 1. The van der Waals surface area contributed by atoms with Crippen LogP contribution in [0.1, 0.15) is 38.7 Å². The molecule has 0 saturated carbocycles. The number of benzene rings is 2. The maximum atomic E-state index is 13.3. The van der Waals surface area contributed by atoms with Crippen LogP contribution in [0.15, 0.2) is 65.9 Å². The van der Waals surface area contributed by atoms with Gasteiger partial charge in [0.1, 0.15) is 5.75 Å². The molecule has 2 aromatic carbocycles. The van der Waals surface area contributed by atoms with Crippen molar-refractivity contribution in [3.05, 3.63) is 71.4 Å². The molecule has 0 unspecified atom stereocenters. The van der Waals surface area contributed by atoms with E-state index in [0.29, 0.717) is 22.6 Å². The van der Waals surface area contributed by atoms with Crippen molar-refractivity contribution in [2.75, 3.05) is 25.6 Å². The van der Waals surface area contributed by atoms with Crippen molar-refractivity contribution in [2.24, 2.45) is 5.92 Å². The molecule has 0 fully saturated rings. The first-order valence-electron chi connectivity index (χ1n) is 11.1. The van der Waals surface area contributed by atoms with Gasteiger partial charge in [-0.3, -0.25) is 4.79 Å². The minimum absolute atomic E-state index is 0.0478. The number of carbonyl (C=O) groups is 2. The van der Waals surface area contributed by atoms with Crippen molar-refractivity contribution in [2.45, 2.75) is 38.7 Å². The molecule has 2 N–H and O–H groups in total. The van der Waals surface area contributed by atoms with Gasteiger partial charge in [0.15, 0.2) is 0 Å². The van der Waals surface area contributed by atoms with E-state index in [1.807, 2.05) is 30.3 Å². The van der Waals surface area contributed by atoms with Crippen LogP contribution in [-0.4, -0.2) is 43.0 Å². The summed E-state index contributed by atoms with van der Waals surface area (Å²) in [5, 5.41) is 14.8. The molecule has 0 aliphatic heterocycles. The van der Waals surface area contributed by atoms with Gasteiger partial charge in [-0.15, -0.1) is 0 Å². The lowest BCUT2D eigenvalue weighted by molar-refractivity contribution is -0.159. The predicted octanol–water partition coefficient (Wildman–Crippen LogP) is 4.04. The van der Waals surface area contributed by atoms with Crippen molar-refractivity contribution < 1.29 is 28.9 Å². The normalized spacial score (nSPS) is 22.5. The van der Waals surface area contributed by atoms with Crippen LogP contribution in [0.4, 0.5) is 5.69 Å². The fourth-order valence-corrected chi connectivity index (χ4v) is 4.34. The summed E-state index contributed by atoms with van der Waals surface area (Å²) in [6, 6.07) is 16.5. The highest BCUT2D eigenvalue weighted by atomic mass is 16.5. The third kappa shape index (κ3) is 5.37. The molecule has 33 heavy (non-hydrogen) atoms. The van der Waals surface area contributed by atoms with Crippen LogP contribution in [-0.2, 0) is 19.1 Å². The van der Waals surface area contributed by atoms with Gasteiger partial charge >= 0.3 is 11.9 Å². The number of nitrogens with one attached hydrogen (secondary N) is 1. The van der Waals surface area contributed by atoms with Crippen molar-refractivity contribution in [3.8, 4) is 5.75 Å². The van der Waals surface area contributed by atoms with E-state index < -0.39 is 29.4 Å². The number of hydrogen-bond donors (Lipinski definition) is 2. The second-order valence-electron chi connectivity index (χ2n) is 8.12. The van der Waals surface area contributed by atoms with Crippen molar-refractivity contribution in [3.63, 3.8) is 0 Å². The second kappa shape index (κ2) is 10.5. The molecule has 1 aliphatic rings. The van der Waals surface area contributed by atoms with Crippen LogP contribution in [0.25, 0.3) is 0 Å². The summed E-state index contributed by atoms with van der Waals surface area (Å²) in [7, 11) is 1.56. The molecule has 0 amide bonds. The molecular weight excluding hydrogens is 422 g/mol. The molecule has 0 radical (unpaired) electrons. The molecule has 3 atom stereocenters. The highest BCUT2D eigenvalue weighted by molar-refractivity contribution is 5.94. The highest BCUT2D eigenvalue weighted by Gasteiger charge is 2.52.